The van der Waals surface area contributed by atoms with E-state index >= 15 is 0 Å². The van der Waals surface area contributed by atoms with Gasteiger partial charge in [0, 0.05) is 0 Å². The largest absolute Gasteiger partial charge is 0.497 e. The molecule has 1 aliphatic carbocycles. The summed E-state index contributed by atoms with van der Waals surface area (Å²) in [6.07, 6.45) is 3.40. The molecule has 1 aliphatic rings. The van der Waals surface area contributed by atoms with Gasteiger partial charge in [0.2, 0.25) is 0 Å². The summed E-state index contributed by atoms with van der Waals surface area (Å²) in [5, 5.41) is 0. The molecule has 0 aromatic heterocycles. The second-order valence-corrected chi connectivity index (χ2v) is 8.15. The standard InChI is InChI=1S/C17H24O4S/c1-12-11-17(2,3)16(6-5-9-22(18,19)20)15-10-13(21-4)7-8-14(12)15/h7-8,10-11,16H,5-6,9H2,1-4H3,(H,18,19,20). The molecule has 0 radical (unpaired) electrons. The second kappa shape index (κ2) is 6.05. The maximum atomic E-state index is 11.0. The fourth-order valence-corrected chi connectivity index (χ4v) is 3.98. The molecule has 0 aliphatic heterocycles. The minimum Gasteiger partial charge on any atom is -0.497 e. The maximum Gasteiger partial charge on any atom is 0.264 e. The van der Waals surface area contributed by atoms with E-state index in [9.17, 15) is 8.42 Å². The Bertz CT molecular complexity index is 687. The Morgan fingerprint density at radius 1 is 1.32 bits per heavy atom. The molecule has 0 saturated heterocycles. The van der Waals surface area contributed by atoms with Crippen LogP contribution in [-0.4, -0.2) is 25.8 Å². The molecule has 0 saturated carbocycles. The fourth-order valence-electron chi connectivity index (χ4n) is 3.45. The zero-order valence-corrected chi connectivity index (χ0v) is 14.4. The van der Waals surface area contributed by atoms with Gasteiger partial charge in [-0.1, -0.05) is 26.0 Å². The number of ether oxygens (including phenoxy) is 1. The highest BCUT2D eigenvalue weighted by molar-refractivity contribution is 7.85. The highest BCUT2D eigenvalue weighted by atomic mass is 32.2. The van der Waals surface area contributed by atoms with E-state index in [4.69, 9.17) is 9.29 Å². The summed E-state index contributed by atoms with van der Waals surface area (Å²) in [5.74, 6) is 0.814. The molecule has 1 aromatic carbocycles. The van der Waals surface area contributed by atoms with Crippen molar-refractivity contribution in [2.75, 3.05) is 12.9 Å². The van der Waals surface area contributed by atoms with E-state index in [1.807, 2.05) is 12.1 Å². The van der Waals surface area contributed by atoms with Gasteiger partial charge in [-0.3, -0.25) is 4.55 Å². The van der Waals surface area contributed by atoms with Crippen molar-refractivity contribution in [1.29, 1.82) is 0 Å². The average Bonchev–Trinajstić information content (AvgIpc) is 2.40. The maximum absolute atomic E-state index is 11.0. The van der Waals surface area contributed by atoms with E-state index in [0.717, 1.165) is 5.75 Å². The Balaban J connectivity index is 2.35. The van der Waals surface area contributed by atoms with E-state index in [-0.39, 0.29) is 17.1 Å². The number of hydrogen-bond acceptors (Lipinski definition) is 3. The fraction of sp³-hybridized carbons (Fsp3) is 0.529. The lowest BCUT2D eigenvalue weighted by molar-refractivity contribution is 0.343. The molecule has 0 spiro atoms. The van der Waals surface area contributed by atoms with Crippen LogP contribution in [0.25, 0.3) is 5.57 Å². The molecule has 1 aromatic rings. The summed E-state index contributed by atoms with van der Waals surface area (Å²) >= 11 is 0. The lowest BCUT2D eigenvalue weighted by Crippen LogP contribution is -2.25. The Hall–Kier alpha value is -1.33. The minimum absolute atomic E-state index is 0.0668. The quantitative estimate of drug-likeness (QED) is 0.835. The van der Waals surface area contributed by atoms with Gasteiger partial charge >= 0.3 is 0 Å². The molecule has 1 N–H and O–H groups in total. The van der Waals surface area contributed by atoms with E-state index < -0.39 is 10.1 Å². The van der Waals surface area contributed by atoms with Crippen molar-refractivity contribution in [3.8, 4) is 5.75 Å². The van der Waals surface area contributed by atoms with E-state index in [0.29, 0.717) is 12.8 Å². The van der Waals surface area contributed by atoms with Gasteiger partial charge < -0.3 is 4.74 Å². The summed E-state index contributed by atoms with van der Waals surface area (Å²) < 4.78 is 36.2. The van der Waals surface area contributed by atoms with Crippen LogP contribution >= 0.6 is 0 Å². The molecular weight excluding hydrogens is 300 g/mol. The first kappa shape index (κ1) is 17.0. The van der Waals surface area contributed by atoms with Gasteiger partial charge in [0.15, 0.2) is 0 Å². The van der Waals surface area contributed by atoms with Gasteiger partial charge in [-0.2, -0.15) is 8.42 Å². The summed E-state index contributed by atoms with van der Waals surface area (Å²) in [7, 11) is -2.26. The lowest BCUT2D eigenvalue weighted by atomic mass is 9.66. The van der Waals surface area contributed by atoms with Crippen molar-refractivity contribution in [3.05, 3.63) is 35.4 Å². The molecule has 0 bridgehead atoms. The van der Waals surface area contributed by atoms with Crippen molar-refractivity contribution >= 4 is 15.7 Å². The number of rotatable bonds is 5. The molecule has 4 nitrogen and oxygen atoms in total. The number of benzene rings is 1. The van der Waals surface area contributed by atoms with Gasteiger partial charge in [0.05, 0.1) is 12.9 Å². The molecule has 0 heterocycles. The SMILES string of the molecule is COc1ccc2c(c1)C(CCCS(=O)(=O)O)C(C)(C)C=C2C. The van der Waals surface area contributed by atoms with Crippen LogP contribution in [0.4, 0.5) is 0 Å². The predicted octanol–water partition coefficient (Wildman–Crippen LogP) is 3.89. The van der Waals surface area contributed by atoms with E-state index in [1.54, 1.807) is 7.11 Å². The predicted molar refractivity (Wildman–Crippen MR) is 88.8 cm³/mol. The van der Waals surface area contributed by atoms with Crippen molar-refractivity contribution in [3.63, 3.8) is 0 Å². The average molecular weight is 324 g/mol. The molecular formula is C17H24O4S. The third-order valence-corrected chi connectivity index (χ3v) is 5.25. The summed E-state index contributed by atoms with van der Waals surface area (Å²) in [4.78, 5) is 0. The van der Waals surface area contributed by atoms with Crippen LogP contribution in [0.1, 0.15) is 50.7 Å². The summed E-state index contributed by atoms with van der Waals surface area (Å²) in [6, 6.07) is 6.06. The molecule has 0 amide bonds. The molecule has 122 valence electrons. The summed E-state index contributed by atoms with van der Waals surface area (Å²) in [6.45, 7) is 6.43. The monoisotopic (exact) mass is 324 g/mol. The number of methoxy groups -OCH3 is 1. The second-order valence-electron chi connectivity index (χ2n) is 6.58. The first-order valence-electron chi connectivity index (χ1n) is 7.47. The van der Waals surface area contributed by atoms with Crippen LogP contribution in [0.5, 0.6) is 5.75 Å². The lowest BCUT2D eigenvalue weighted by Gasteiger charge is -2.38. The van der Waals surface area contributed by atoms with Gasteiger partial charge in [-0.15, -0.1) is 0 Å². The Labute approximate surface area is 132 Å². The van der Waals surface area contributed by atoms with Gasteiger partial charge in [-0.25, -0.2) is 0 Å². The van der Waals surface area contributed by atoms with Crippen molar-refractivity contribution in [2.45, 2.75) is 39.5 Å². The summed E-state index contributed by atoms with van der Waals surface area (Å²) in [5.41, 5.74) is 3.55. The van der Waals surface area contributed by atoms with Crippen molar-refractivity contribution < 1.29 is 17.7 Å². The van der Waals surface area contributed by atoms with Crippen LogP contribution in [0.15, 0.2) is 24.3 Å². The Kier molecular flexibility index (Phi) is 4.68. The normalized spacial score (nSPS) is 20.2. The van der Waals surface area contributed by atoms with Crippen molar-refractivity contribution in [2.24, 2.45) is 5.41 Å². The number of hydrogen-bond donors (Lipinski definition) is 1. The van der Waals surface area contributed by atoms with Gasteiger partial charge in [0.1, 0.15) is 5.75 Å². The smallest absolute Gasteiger partial charge is 0.264 e. The topological polar surface area (TPSA) is 63.6 Å². The molecule has 1 unspecified atom stereocenters. The first-order chi connectivity index (χ1) is 10.1. The third kappa shape index (κ3) is 3.70. The van der Waals surface area contributed by atoms with Crippen LogP contribution in [0, 0.1) is 5.41 Å². The van der Waals surface area contributed by atoms with Crippen LogP contribution < -0.4 is 4.74 Å². The molecule has 5 heteroatoms. The molecule has 1 atom stereocenters. The molecule has 0 fully saturated rings. The molecule has 2 rings (SSSR count). The zero-order valence-electron chi connectivity index (χ0n) is 13.6. The van der Waals surface area contributed by atoms with E-state index in [1.165, 1.54) is 16.7 Å². The van der Waals surface area contributed by atoms with Gasteiger partial charge in [0.25, 0.3) is 10.1 Å². The zero-order chi connectivity index (χ0) is 16.5. The first-order valence-corrected chi connectivity index (χ1v) is 9.08. The number of fused-ring (bicyclic) bond motifs is 1. The van der Waals surface area contributed by atoms with Crippen LogP contribution in [0.2, 0.25) is 0 Å². The van der Waals surface area contributed by atoms with Crippen LogP contribution in [0.3, 0.4) is 0 Å². The highest BCUT2D eigenvalue weighted by Crippen LogP contribution is 2.48. The molecule has 22 heavy (non-hydrogen) atoms. The highest BCUT2D eigenvalue weighted by Gasteiger charge is 2.34. The Morgan fingerprint density at radius 2 is 2.00 bits per heavy atom. The van der Waals surface area contributed by atoms with E-state index in [2.05, 4.69) is 32.9 Å². The van der Waals surface area contributed by atoms with Crippen molar-refractivity contribution in [1.82, 2.24) is 0 Å². The Morgan fingerprint density at radius 3 is 2.59 bits per heavy atom. The minimum atomic E-state index is -3.90. The van der Waals surface area contributed by atoms with Crippen LogP contribution in [-0.2, 0) is 10.1 Å². The van der Waals surface area contributed by atoms with Gasteiger partial charge in [-0.05, 0) is 59.9 Å². The third-order valence-electron chi connectivity index (χ3n) is 4.44. The number of allylic oxidation sites excluding steroid dienone is 2.